The van der Waals surface area contributed by atoms with Crippen LogP contribution >= 0.6 is 0 Å². The fourth-order valence-corrected chi connectivity index (χ4v) is 7.01. The number of nitrogens with zero attached hydrogens (tertiary/aromatic N) is 1. The van der Waals surface area contributed by atoms with Crippen molar-refractivity contribution >= 4 is 18.4 Å². The zero-order chi connectivity index (χ0) is 15.8. The molecule has 0 N–H and O–H groups in total. The SMILES string of the molecule is C=CCC1(OCC)c2ccccc2[Si](C)(C)c2ccncc21. The normalized spacial score (nSPS) is 21.8. The Morgan fingerprint density at radius 2 is 1.91 bits per heavy atom. The van der Waals surface area contributed by atoms with Crippen molar-refractivity contribution in [1.82, 2.24) is 4.98 Å². The first kappa shape index (κ1) is 15.2. The van der Waals surface area contributed by atoms with Crippen molar-refractivity contribution in [2.45, 2.75) is 32.0 Å². The summed E-state index contributed by atoms with van der Waals surface area (Å²) in [5, 5.41) is 2.89. The van der Waals surface area contributed by atoms with Crippen molar-refractivity contribution in [3.63, 3.8) is 0 Å². The molecule has 0 saturated heterocycles. The highest BCUT2D eigenvalue weighted by Gasteiger charge is 2.47. The molecule has 1 atom stereocenters. The smallest absolute Gasteiger partial charge is 0.123 e. The predicted molar refractivity (Wildman–Crippen MR) is 94.6 cm³/mol. The molecule has 2 nitrogen and oxygen atoms in total. The maximum absolute atomic E-state index is 6.37. The van der Waals surface area contributed by atoms with E-state index in [-0.39, 0.29) is 0 Å². The summed E-state index contributed by atoms with van der Waals surface area (Å²) in [6.45, 7) is 11.5. The van der Waals surface area contributed by atoms with Crippen molar-refractivity contribution in [3.8, 4) is 0 Å². The minimum Gasteiger partial charge on any atom is -0.365 e. The van der Waals surface area contributed by atoms with Crippen molar-refractivity contribution in [3.05, 3.63) is 66.5 Å². The lowest BCUT2D eigenvalue weighted by atomic mass is 9.83. The Hall–Kier alpha value is -1.71. The van der Waals surface area contributed by atoms with Crippen LogP contribution in [0, 0.1) is 0 Å². The van der Waals surface area contributed by atoms with Gasteiger partial charge >= 0.3 is 0 Å². The monoisotopic (exact) mass is 309 g/mol. The summed E-state index contributed by atoms with van der Waals surface area (Å²) in [4.78, 5) is 4.40. The van der Waals surface area contributed by atoms with Crippen LogP contribution in [-0.2, 0) is 10.3 Å². The van der Waals surface area contributed by atoms with E-state index in [9.17, 15) is 0 Å². The molecule has 1 aromatic heterocycles. The summed E-state index contributed by atoms with van der Waals surface area (Å²) < 4.78 is 6.37. The van der Waals surface area contributed by atoms with E-state index in [4.69, 9.17) is 4.74 Å². The molecule has 22 heavy (non-hydrogen) atoms. The van der Waals surface area contributed by atoms with Crippen LogP contribution in [0.3, 0.4) is 0 Å². The highest BCUT2D eigenvalue weighted by Crippen LogP contribution is 2.40. The third kappa shape index (κ3) is 2.00. The number of pyridine rings is 1. The average Bonchev–Trinajstić information content (AvgIpc) is 2.54. The summed E-state index contributed by atoms with van der Waals surface area (Å²) in [5.41, 5.74) is 2.08. The van der Waals surface area contributed by atoms with Crippen LogP contribution < -0.4 is 10.4 Å². The molecule has 1 aliphatic heterocycles. The van der Waals surface area contributed by atoms with Gasteiger partial charge in [0.2, 0.25) is 0 Å². The highest BCUT2D eigenvalue weighted by atomic mass is 28.3. The van der Waals surface area contributed by atoms with Crippen molar-refractivity contribution in [2.75, 3.05) is 6.61 Å². The van der Waals surface area contributed by atoms with E-state index in [0.717, 1.165) is 6.42 Å². The number of hydrogen-bond donors (Lipinski definition) is 0. The molecule has 0 spiro atoms. The zero-order valence-electron chi connectivity index (χ0n) is 13.6. The van der Waals surface area contributed by atoms with Crippen molar-refractivity contribution in [2.24, 2.45) is 0 Å². The van der Waals surface area contributed by atoms with Crippen LogP contribution in [0.4, 0.5) is 0 Å². The Kier molecular flexibility index (Phi) is 3.79. The van der Waals surface area contributed by atoms with Gasteiger partial charge in [0, 0.05) is 31.0 Å². The van der Waals surface area contributed by atoms with Gasteiger partial charge < -0.3 is 4.74 Å². The first-order chi connectivity index (χ1) is 10.6. The van der Waals surface area contributed by atoms with Crippen LogP contribution in [0.1, 0.15) is 24.5 Å². The molecule has 2 heterocycles. The first-order valence-electron chi connectivity index (χ1n) is 7.87. The Bertz CT molecular complexity index is 659. The summed E-state index contributed by atoms with van der Waals surface area (Å²) in [7, 11) is -1.73. The lowest BCUT2D eigenvalue weighted by Gasteiger charge is -2.45. The van der Waals surface area contributed by atoms with Gasteiger partial charge in [0.1, 0.15) is 13.7 Å². The minimum absolute atomic E-state index is 0.445. The van der Waals surface area contributed by atoms with Crippen LogP contribution in [0.15, 0.2) is 55.4 Å². The van der Waals surface area contributed by atoms with Gasteiger partial charge in [-0.25, -0.2) is 0 Å². The second-order valence-corrected chi connectivity index (χ2v) is 10.7. The van der Waals surface area contributed by atoms with Gasteiger partial charge in [-0.15, -0.1) is 6.58 Å². The van der Waals surface area contributed by atoms with Gasteiger partial charge in [0.05, 0.1) is 0 Å². The zero-order valence-corrected chi connectivity index (χ0v) is 14.6. The largest absolute Gasteiger partial charge is 0.365 e. The molecular weight excluding hydrogens is 286 g/mol. The lowest BCUT2D eigenvalue weighted by Crippen LogP contribution is -2.63. The fourth-order valence-electron chi connectivity index (χ4n) is 3.82. The van der Waals surface area contributed by atoms with Gasteiger partial charge in [-0.1, -0.05) is 43.4 Å². The summed E-state index contributed by atoms with van der Waals surface area (Å²) in [5.74, 6) is 0. The number of rotatable bonds is 4. The topological polar surface area (TPSA) is 22.1 Å². The molecule has 3 rings (SSSR count). The number of ether oxygens (including phenoxy) is 1. The van der Waals surface area contributed by atoms with E-state index >= 15 is 0 Å². The molecule has 0 amide bonds. The molecule has 0 radical (unpaired) electrons. The second kappa shape index (κ2) is 5.49. The summed E-state index contributed by atoms with van der Waals surface area (Å²) >= 11 is 0. The summed E-state index contributed by atoms with van der Waals surface area (Å²) in [6, 6.07) is 10.9. The van der Waals surface area contributed by atoms with Crippen LogP contribution in [0.25, 0.3) is 0 Å². The molecule has 2 aromatic rings. The van der Waals surface area contributed by atoms with Crippen molar-refractivity contribution < 1.29 is 4.74 Å². The number of benzene rings is 1. The molecule has 1 unspecified atom stereocenters. The first-order valence-corrected chi connectivity index (χ1v) is 10.9. The third-order valence-electron chi connectivity index (χ3n) is 4.79. The van der Waals surface area contributed by atoms with E-state index in [1.165, 1.54) is 21.5 Å². The number of aromatic nitrogens is 1. The van der Waals surface area contributed by atoms with Gasteiger partial charge in [-0.3, -0.25) is 4.98 Å². The third-order valence-corrected chi connectivity index (χ3v) is 8.35. The second-order valence-electron chi connectivity index (χ2n) is 6.34. The quantitative estimate of drug-likeness (QED) is 0.640. The molecular formula is C19H23NOSi. The highest BCUT2D eigenvalue weighted by molar-refractivity contribution is 7.01. The lowest BCUT2D eigenvalue weighted by molar-refractivity contribution is -0.00808. The Morgan fingerprint density at radius 1 is 1.18 bits per heavy atom. The maximum Gasteiger partial charge on any atom is 0.123 e. The molecule has 0 aliphatic carbocycles. The van der Waals surface area contributed by atoms with Crippen LogP contribution in [0.2, 0.25) is 13.1 Å². The van der Waals surface area contributed by atoms with Crippen LogP contribution in [0.5, 0.6) is 0 Å². The predicted octanol–water partition coefficient (Wildman–Crippen LogP) is 3.07. The van der Waals surface area contributed by atoms with Crippen molar-refractivity contribution in [1.29, 1.82) is 0 Å². The van der Waals surface area contributed by atoms with Gasteiger partial charge in [0.15, 0.2) is 0 Å². The number of fused-ring (bicyclic) bond motifs is 2. The molecule has 3 heteroatoms. The van der Waals surface area contributed by atoms with E-state index < -0.39 is 13.7 Å². The van der Waals surface area contributed by atoms with Gasteiger partial charge in [-0.05, 0) is 28.9 Å². The van der Waals surface area contributed by atoms with E-state index in [1.807, 2.05) is 18.5 Å². The van der Waals surface area contributed by atoms with Crippen LogP contribution in [-0.4, -0.2) is 19.7 Å². The Morgan fingerprint density at radius 3 is 2.64 bits per heavy atom. The molecule has 0 bridgehead atoms. The Labute approximate surface area is 133 Å². The Balaban J connectivity index is 2.39. The maximum atomic E-state index is 6.37. The van der Waals surface area contributed by atoms with Gasteiger partial charge in [-0.2, -0.15) is 0 Å². The molecule has 1 aliphatic rings. The molecule has 0 fully saturated rings. The number of hydrogen-bond acceptors (Lipinski definition) is 2. The molecule has 1 aromatic carbocycles. The van der Waals surface area contributed by atoms with E-state index in [0.29, 0.717) is 6.61 Å². The van der Waals surface area contributed by atoms with Gasteiger partial charge in [0.25, 0.3) is 0 Å². The summed E-state index contributed by atoms with van der Waals surface area (Å²) in [6.07, 6.45) is 6.63. The van der Waals surface area contributed by atoms with E-state index in [2.05, 4.69) is 61.9 Å². The molecule has 114 valence electrons. The minimum atomic E-state index is -1.73. The average molecular weight is 309 g/mol. The van der Waals surface area contributed by atoms with E-state index in [1.54, 1.807) is 0 Å². The molecule has 0 saturated carbocycles. The fraction of sp³-hybridized carbons (Fsp3) is 0.316. The standard InChI is InChI=1S/C19H23NOSi/c1-5-12-19(21-6-2)15-9-7-8-10-17(15)22(3,4)18-11-13-20-14-16(18)19/h5,7-11,13-14H,1,6,12H2,2-4H3.